The lowest BCUT2D eigenvalue weighted by Crippen LogP contribution is -2.15. The van der Waals surface area contributed by atoms with Gasteiger partial charge < -0.3 is 9.47 Å². The van der Waals surface area contributed by atoms with Crippen molar-refractivity contribution in [1.29, 1.82) is 0 Å². The van der Waals surface area contributed by atoms with Crippen LogP contribution in [-0.4, -0.2) is 18.4 Å². The molecule has 0 spiro atoms. The molecule has 0 atom stereocenters. The molecule has 0 radical (unpaired) electrons. The van der Waals surface area contributed by atoms with Gasteiger partial charge in [0.1, 0.15) is 17.9 Å². The molecule has 0 saturated carbocycles. The van der Waals surface area contributed by atoms with E-state index >= 15 is 0 Å². The van der Waals surface area contributed by atoms with Crippen molar-refractivity contribution in [3.8, 4) is 5.75 Å². The van der Waals surface area contributed by atoms with Crippen molar-refractivity contribution in [2.45, 2.75) is 25.9 Å². The lowest BCUT2D eigenvalue weighted by molar-refractivity contribution is 0.0470. The highest BCUT2D eigenvalue weighted by molar-refractivity contribution is 6.00. The van der Waals surface area contributed by atoms with Crippen molar-refractivity contribution >= 4 is 11.8 Å². The van der Waals surface area contributed by atoms with E-state index in [1.165, 1.54) is 11.1 Å². The van der Waals surface area contributed by atoms with Crippen molar-refractivity contribution < 1.29 is 19.1 Å². The highest BCUT2D eigenvalue weighted by Gasteiger charge is 2.18. The maximum atomic E-state index is 12.5. The Morgan fingerprint density at radius 3 is 2.45 bits per heavy atom. The van der Waals surface area contributed by atoms with Crippen molar-refractivity contribution in [3.63, 3.8) is 0 Å². The van der Waals surface area contributed by atoms with Crippen LogP contribution in [0.15, 0.2) is 72.8 Å². The number of hydrogen-bond donors (Lipinski definition) is 0. The number of hydrogen-bond acceptors (Lipinski definition) is 4. The largest absolute Gasteiger partial charge is 0.488 e. The monoisotopic (exact) mass is 386 g/mol. The Morgan fingerprint density at radius 1 is 0.828 bits per heavy atom. The number of aryl methyl sites for hydroxylation is 2. The van der Waals surface area contributed by atoms with Crippen LogP contribution in [0.2, 0.25) is 0 Å². The van der Waals surface area contributed by atoms with Crippen LogP contribution < -0.4 is 4.74 Å². The molecule has 1 aliphatic carbocycles. The predicted molar refractivity (Wildman–Crippen MR) is 110 cm³/mol. The van der Waals surface area contributed by atoms with Crippen molar-refractivity contribution in [1.82, 2.24) is 0 Å². The topological polar surface area (TPSA) is 52.6 Å². The smallest absolute Gasteiger partial charge is 0.342 e. The first-order chi connectivity index (χ1) is 14.2. The molecule has 0 heterocycles. The number of rotatable bonds is 7. The average molecular weight is 386 g/mol. The first-order valence-corrected chi connectivity index (χ1v) is 9.78. The first kappa shape index (κ1) is 18.9. The molecular formula is C25H22O4. The summed E-state index contributed by atoms with van der Waals surface area (Å²) in [6, 6.07) is 22.4. The normalized spacial score (nSPS) is 12.3. The van der Waals surface area contributed by atoms with E-state index in [1.807, 2.05) is 48.5 Å². The van der Waals surface area contributed by atoms with Crippen molar-refractivity contribution in [3.05, 3.63) is 101 Å². The fourth-order valence-corrected chi connectivity index (χ4v) is 3.53. The number of ether oxygens (including phenoxy) is 2. The van der Waals surface area contributed by atoms with Crippen LogP contribution in [0.1, 0.15) is 43.8 Å². The Balaban J connectivity index is 1.39. The number of ketones is 1. The zero-order chi connectivity index (χ0) is 20.1. The van der Waals surface area contributed by atoms with Crippen LogP contribution in [0.25, 0.3) is 0 Å². The van der Waals surface area contributed by atoms with E-state index in [0.717, 1.165) is 24.8 Å². The minimum Gasteiger partial charge on any atom is -0.488 e. The van der Waals surface area contributed by atoms with Gasteiger partial charge in [0.05, 0.1) is 0 Å². The van der Waals surface area contributed by atoms with Crippen LogP contribution in [0, 0.1) is 0 Å². The van der Waals surface area contributed by atoms with Gasteiger partial charge in [-0.3, -0.25) is 4.79 Å². The van der Waals surface area contributed by atoms with Gasteiger partial charge in [0, 0.05) is 5.56 Å². The summed E-state index contributed by atoms with van der Waals surface area (Å²) in [6.07, 6.45) is 3.20. The third-order valence-corrected chi connectivity index (χ3v) is 5.10. The molecule has 0 bridgehead atoms. The second-order valence-corrected chi connectivity index (χ2v) is 7.11. The van der Waals surface area contributed by atoms with Gasteiger partial charge in [0.2, 0.25) is 0 Å². The van der Waals surface area contributed by atoms with E-state index in [0.29, 0.717) is 23.5 Å². The predicted octanol–water partition coefficient (Wildman–Crippen LogP) is 4.79. The average Bonchev–Trinajstić information content (AvgIpc) is 3.24. The summed E-state index contributed by atoms with van der Waals surface area (Å²) in [5, 5.41) is 0. The Morgan fingerprint density at radius 2 is 1.59 bits per heavy atom. The Labute approximate surface area is 170 Å². The van der Waals surface area contributed by atoms with Gasteiger partial charge in [-0.2, -0.15) is 0 Å². The van der Waals surface area contributed by atoms with Gasteiger partial charge in [-0.25, -0.2) is 4.79 Å². The van der Waals surface area contributed by atoms with E-state index < -0.39 is 5.97 Å². The minimum absolute atomic E-state index is 0.198. The molecule has 3 aromatic rings. The molecule has 0 fully saturated rings. The summed E-state index contributed by atoms with van der Waals surface area (Å²) in [6.45, 7) is 0.0594. The Kier molecular flexibility index (Phi) is 5.71. The number of Topliss-reactive ketones (excluding diaryl/α,β-unsaturated/α-hetero) is 1. The van der Waals surface area contributed by atoms with E-state index in [2.05, 4.69) is 0 Å². The number of para-hydroxylation sites is 1. The van der Waals surface area contributed by atoms with Gasteiger partial charge in [-0.1, -0.05) is 54.6 Å². The molecule has 3 aromatic carbocycles. The number of carbonyl (C=O) groups is 2. The third kappa shape index (κ3) is 4.54. The number of benzene rings is 3. The molecule has 4 rings (SSSR count). The summed E-state index contributed by atoms with van der Waals surface area (Å²) in [5.74, 6) is -0.328. The highest BCUT2D eigenvalue weighted by atomic mass is 16.5. The van der Waals surface area contributed by atoms with Gasteiger partial charge in [0.25, 0.3) is 0 Å². The van der Waals surface area contributed by atoms with Crippen LogP contribution in [0.5, 0.6) is 5.75 Å². The summed E-state index contributed by atoms with van der Waals surface area (Å²) in [5.41, 5.74) is 4.43. The molecule has 0 N–H and O–H groups in total. The molecule has 0 aliphatic heterocycles. The lowest BCUT2D eigenvalue weighted by atomic mass is 10.0. The SMILES string of the molecule is O=C(COC(=O)c1ccccc1OCc1ccccc1)c1ccc2c(c1)CCC2. The van der Waals surface area contributed by atoms with Crippen LogP contribution in [0.4, 0.5) is 0 Å². The summed E-state index contributed by atoms with van der Waals surface area (Å²) >= 11 is 0. The molecule has 0 unspecified atom stereocenters. The zero-order valence-electron chi connectivity index (χ0n) is 16.1. The van der Waals surface area contributed by atoms with Gasteiger partial charge in [-0.05, 0) is 54.2 Å². The van der Waals surface area contributed by atoms with E-state index in [1.54, 1.807) is 24.3 Å². The maximum absolute atomic E-state index is 12.5. The minimum atomic E-state index is -0.567. The van der Waals surface area contributed by atoms with E-state index in [-0.39, 0.29) is 12.4 Å². The molecule has 0 aromatic heterocycles. The molecule has 1 aliphatic rings. The fourth-order valence-electron chi connectivity index (χ4n) is 3.53. The number of fused-ring (bicyclic) bond motifs is 1. The molecule has 4 nitrogen and oxygen atoms in total. The van der Waals surface area contributed by atoms with E-state index in [9.17, 15) is 9.59 Å². The van der Waals surface area contributed by atoms with Crippen LogP contribution in [-0.2, 0) is 24.2 Å². The Hall–Kier alpha value is -3.40. The number of esters is 1. The maximum Gasteiger partial charge on any atom is 0.342 e. The third-order valence-electron chi connectivity index (χ3n) is 5.10. The molecule has 146 valence electrons. The molecule has 0 amide bonds. The number of carbonyl (C=O) groups excluding carboxylic acids is 2. The quantitative estimate of drug-likeness (QED) is 0.433. The van der Waals surface area contributed by atoms with Gasteiger partial charge >= 0.3 is 5.97 Å². The fraction of sp³-hybridized carbons (Fsp3) is 0.200. The molecule has 4 heteroatoms. The van der Waals surface area contributed by atoms with Crippen molar-refractivity contribution in [2.24, 2.45) is 0 Å². The summed E-state index contributed by atoms with van der Waals surface area (Å²) in [4.78, 5) is 25.0. The zero-order valence-corrected chi connectivity index (χ0v) is 16.1. The molecule has 29 heavy (non-hydrogen) atoms. The van der Waals surface area contributed by atoms with E-state index in [4.69, 9.17) is 9.47 Å². The van der Waals surface area contributed by atoms with Crippen LogP contribution >= 0.6 is 0 Å². The standard InChI is InChI=1S/C25H22O4/c26-23(21-14-13-19-9-6-10-20(19)15-21)17-29-25(27)22-11-4-5-12-24(22)28-16-18-7-2-1-3-8-18/h1-5,7-8,11-15H,6,9-10,16-17H2. The second kappa shape index (κ2) is 8.74. The molecule has 0 saturated heterocycles. The van der Waals surface area contributed by atoms with Crippen molar-refractivity contribution in [2.75, 3.05) is 6.61 Å². The summed E-state index contributed by atoms with van der Waals surface area (Å²) < 4.78 is 11.1. The van der Waals surface area contributed by atoms with Gasteiger partial charge in [0.15, 0.2) is 12.4 Å². The first-order valence-electron chi connectivity index (χ1n) is 9.78. The Bertz CT molecular complexity index is 1020. The summed E-state index contributed by atoms with van der Waals surface area (Å²) in [7, 11) is 0. The lowest BCUT2D eigenvalue weighted by Gasteiger charge is -2.11. The molecular weight excluding hydrogens is 364 g/mol. The van der Waals surface area contributed by atoms with Gasteiger partial charge in [-0.15, -0.1) is 0 Å². The van der Waals surface area contributed by atoms with Crippen LogP contribution in [0.3, 0.4) is 0 Å². The second-order valence-electron chi connectivity index (χ2n) is 7.11. The highest BCUT2D eigenvalue weighted by Crippen LogP contribution is 2.24.